The monoisotopic (exact) mass is 276 g/mol. The van der Waals surface area contributed by atoms with E-state index in [1.54, 1.807) is 34.9 Å². The summed E-state index contributed by atoms with van der Waals surface area (Å²) in [5, 5.41) is 0. The normalized spacial score (nSPS) is 11.0. The second-order valence-corrected chi connectivity index (χ2v) is 7.36. The maximum atomic E-state index is 5.26. The van der Waals surface area contributed by atoms with Gasteiger partial charge in [0, 0.05) is 9.40 Å². The summed E-state index contributed by atoms with van der Waals surface area (Å²) in [4.78, 5) is 1.24. The zero-order valence-corrected chi connectivity index (χ0v) is 11.8. The fourth-order valence-electron chi connectivity index (χ4n) is 1.12. The van der Waals surface area contributed by atoms with E-state index in [2.05, 4.69) is 18.4 Å². The number of thiophene rings is 2. The Balaban J connectivity index is 2.44. The number of rotatable bonds is 2. The van der Waals surface area contributed by atoms with E-state index in [0.29, 0.717) is 0 Å². The van der Waals surface area contributed by atoms with Gasteiger partial charge in [-0.1, -0.05) is 12.2 Å². The Labute approximate surface area is 105 Å². The van der Waals surface area contributed by atoms with Crippen molar-refractivity contribution in [1.82, 2.24) is 0 Å². The topological polar surface area (TPSA) is 0 Å². The molecular formula is C9H8S5. The van der Waals surface area contributed by atoms with Crippen LogP contribution in [0.3, 0.4) is 0 Å². The molecule has 2 aromatic rings. The van der Waals surface area contributed by atoms with Crippen LogP contribution < -0.4 is 0 Å². The molecule has 14 heavy (non-hydrogen) atoms. The summed E-state index contributed by atoms with van der Waals surface area (Å²) in [6.45, 7) is 0. The van der Waals surface area contributed by atoms with Gasteiger partial charge < -0.3 is 0 Å². The predicted octanol–water partition coefficient (Wildman–Crippen LogP) is 4.72. The predicted molar refractivity (Wildman–Crippen MR) is 76.7 cm³/mol. The van der Waals surface area contributed by atoms with E-state index in [1.807, 2.05) is 17.6 Å². The second kappa shape index (κ2) is 4.53. The van der Waals surface area contributed by atoms with Crippen LogP contribution in [0.1, 0.15) is 4.88 Å². The van der Waals surface area contributed by atoms with Crippen molar-refractivity contribution in [2.45, 2.75) is 4.21 Å². The highest BCUT2D eigenvalue weighted by molar-refractivity contribution is 8.23. The number of thioether (sulfide) groups is 2. The molecule has 0 spiro atoms. The van der Waals surface area contributed by atoms with E-state index in [9.17, 15) is 0 Å². The van der Waals surface area contributed by atoms with Crippen molar-refractivity contribution in [1.29, 1.82) is 0 Å². The van der Waals surface area contributed by atoms with Crippen molar-refractivity contribution >= 4 is 72.0 Å². The molecule has 0 saturated carbocycles. The van der Waals surface area contributed by atoms with Crippen LogP contribution in [-0.4, -0.2) is 16.7 Å². The van der Waals surface area contributed by atoms with Crippen molar-refractivity contribution < 1.29 is 0 Å². The van der Waals surface area contributed by atoms with E-state index < -0.39 is 0 Å². The van der Waals surface area contributed by atoms with E-state index in [1.165, 1.54) is 18.5 Å². The summed E-state index contributed by atoms with van der Waals surface area (Å²) < 4.78 is 5.12. The minimum atomic E-state index is 1.00. The molecule has 0 N–H and O–H groups in total. The highest BCUT2D eigenvalue weighted by atomic mass is 32.2. The van der Waals surface area contributed by atoms with Gasteiger partial charge in [-0.05, 0) is 24.6 Å². The first-order valence-electron chi connectivity index (χ1n) is 3.90. The van der Waals surface area contributed by atoms with Gasteiger partial charge in [-0.25, -0.2) is 0 Å². The van der Waals surface area contributed by atoms with Gasteiger partial charge in [0.1, 0.15) is 0 Å². The Hall–Kier alpha value is 0.450. The van der Waals surface area contributed by atoms with Gasteiger partial charge >= 0.3 is 0 Å². The molecule has 0 saturated heterocycles. The first kappa shape index (κ1) is 11.0. The highest BCUT2D eigenvalue weighted by Gasteiger charge is 2.08. The average molecular weight is 276 g/mol. The molecule has 0 radical (unpaired) electrons. The maximum Gasteiger partial charge on any atom is 0.0876 e. The van der Waals surface area contributed by atoms with Crippen LogP contribution in [0, 0.1) is 0 Å². The van der Waals surface area contributed by atoms with Gasteiger partial charge in [-0.2, -0.15) is 0 Å². The van der Waals surface area contributed by atoms with Gasteiger partial charge in [-0.15, -0.1) is 46.2 Å². The largest absolute Gasteiger partial charge is 0.133 e. The summed E-state index contributed by atoms with van der Waals surface area (Å²) in [6.07, 6.45) is 4.15. The molecule has 0 aliphatic carbocycles. The molecule has 74 valence electrons. The second-order valence-electron chi connectivity index (χ2n) is 2.60. The molecule has 0 bridgehead atoms. The van der Waals surface area contributed by atoms with E-state index >= 15 is 0 Å². The van der Waals surface area contributed by atoms with E-state index in [0.717, 1.165) is 4.20 Å². The van der Waals surface area contributed by atoms with Crippen molar-refractivity contribution in [2.75, 3.05) is 12.5 Å². The van der Waals surface area contributed by atoms with Crippen LogP contribution in [0.5, 0.6) is 0 Å². The highest BCUT2D eigenvalue weighted by Crippen LogP contribution is 2.37. The van der Waals surface area contributed by atoms with Crippen molar-refractivity contribution in [3.8, 4) is 0 Å². The molecule has 0 unspecified atom stereocenters. The number of fused-ring (bicyclic) bond motifs is 1. The molecule has 2 aromatic heterocycles. The third-order valence-electron chi connectivity index (χ3n) is 1.77. The van der Waals surface area contributed by atoms with Gasteiger partial charge in [0.05, 0.1) is 13.3 Å². The third kappa shape index (κ3) is 2.02. The molecule has 0 amide bonds. The smallest absolute Gasteiger partial charge is 0.0876 e. The Morgan fingerprint density at radius 1 is 1.21 bits per heavy atom. The Morgan fingerprint density at radius 2 is 1.93 bits per heavy atom. The number of hydrogen-bond donors (Lipinski definition) is 0. The molecule has 0 fully saturated rings. The van der Waals surface area contributed by atoms with Gasteiger partial charge in [0.15, 0.2) is 0 Å². The van der Waals surface area contributed by atoms with Crippen molar-refractivity contribution in [3.63, 3.8) is 0 Å². The zero-order chi connectivity index (χ0) is 10.1. The Kier molecular flexibility index (Phi) is 3.54. The molecule has 0 aromatic carbocycles. The SMILES string of the molecule is CSC(=S)c1cc2sc(SC)cc2s1. The van der Waals surface area contributed by atoms with Crippen LogP contribution in [0.15, 0.2) is 16.3 Å². The van der Waals surface area contributed by atoms with Crippen LogP contribution in [0.25, 0.3) is 9.40 Å². The minimum absolute atomic E-state index is 1.00. The lowest BCUT2D eigenvalue weighted by molar-refractivity contribution is 1.80. The van der Waals surface area contributed by atoms with Crippen LogP contribution in [0.4, 0.5) is 0 Å². The van der Waals surface area contributed by atoms with Gasteiger partial charge in [0.2, 0.25) is 0 Å². The van der Waals surface area contributed by atoms with Crippen LogP contribution in [-0.2, 0) is 0 Å². The van der Waals surface area contributed by atoms with Gasteiger partial charge in [0.25, 0.3) is 0 Å². The first-order valence-corrected chi connectivity index (χ1v) is 8.39. The molecule has 0 nitrogen and oxygen atoms in total. The van der Waals surface area contributed by atoms with Crippen molar-refractivity contribution in [2.24, 2.45) is 0 Å². The Bertz CT molecular complexity index is 433. The molecule has 0 atom stereocenters. The first-order chi connectivity index (χ1) is 6.74. The molecule has 2 heterocycles. The fraction of sp³-hybridized carbons (Fsp3) is 0.222. The average Bonchev–Trinajstić information content (AvgIpc) is 2.72. The van der Waals surface area contributed by atoms with Crippen LogP contribution in [0.2, 0.25) is 0 Å². The molecule has 0 aliphatic heterocycles. The lowest BCUT2D eigenvalue weighted by Gasteiger charge is -1.91. The number of thiocarbonyl (C=S) groups is 1. The fourth-order valence-corrected chi connectivity index (χ4v) is 4.81. The third-order valence-corrected chi connectivity index (χ3v) is 6.72. The summed E-state index contributed by atoms with van der Waals surface area (Å²) in [7, 11) is 0. The molecule has 2 rings (SSSR count). The lowest BCUT2D eigenvalue weighted by Crippen LogP contribution is -1.82. The molecule has 0 aliphatic rings. The van der Waals surface area contributed by atoms with Gasteiger partial charge in [-0.3, -0.25) is 0 Å². The lowest BCUT2D eigenvalue weighted by atomic mass is 10.5. The minimum Gasteiger partial charge on any atom is -0.133 e. The maximum absolute atomic E-state index is 5.26. The zero-order valence-electron chi connectivity index (χ0n) is 7.70. The molecular weight excluding hydrogens is 268 g/mol. The summed E-state index contributed by atoms with van der Waals surface area (Å²) in [5.41, 5.74) is 0. The quantitative estimate of drug-likeness (QED) is 0.575. The van der Waals surface area contributed by atoms with Crippen molar-refractivity contribution in [3.05, 3.63) is 17.0 Å². The van der Waals surface area contributed by atoms with E-state index in [-0.39, 0.29) is 0 Å². The van der Waals surface area contributed by atoms with Crippen LogP contribution >= 0.6 is 58.4 Å². The Morgan fingerprint density at radius 3 is 2.50 bits per heavy atom. The summed E-state index contributed by atoms with van der Waals surface area (Å²) >= 11 is 12.4. The van der Waals surface area contributed by atoms with E-state index in [4.69, 9.17) is 12.2 Å². The number of hydrogen-bond acceptors (Lipinski definition) is 5. The summed E-state index contributed by atoms with van der Waals surface area (Å²) in [6, 6.07) is 4.46. The molecule has 5 heteroatoms. The standard InChI is InChI=1S/C9H8S5/c1-11-8-4-6-5(14-8)3-7(13-6)9(10)12-2/h3-4H,1-2H3. The summed E-state index contributed by atoms with van der Waals surface area (Å²) in [5.74, 6) is 0.